The van der Waals surface area contributed by atoms with Gasteiger partial charge in [0.15, 0.2) is 6.61 Å². The molecule has 0 N–H and O–H groups in total. The molecule has 162 valence electrons. The first-order valence-electron chi connectivity index (χ1n) is 10.6. The number of carbonyl (C=O) groups excluding carboxylic acids is 2. The molecule has 0 unspecified atom stereocenters. The van der Waals surface area contributed by atoms with E-state index in [2.05, 4.69) is 5.10 Å². The van der Waals surface area contributed by atoms with Gasteiger partial charge in [-0.3, -0.25) is 4.79 Å². The number of aromatic nitrogens is 2. The van der Waals surface area contributed by atoms with Crippen LogP contribution in [0.1, 0.15) is 28.7 Å². The molecule has 0 atom stereocenters. The van der Waals surface area contributed by atoms with Crippen molar-refractivity contribution >= 4 is 28.3 Å². The predicted octanol–water partition coefficient (Wildman–Crippen LogP) is 4.85. The maximum atomic E-state index is 13.0. The Morgan fingerprint density at radius 1 is 0.938 bits per heavy atom. The summed E-state index contributed by atoms with van der Waals surface area (Å²) in [6.45, 7) is 5.61. The second kappa shape index (κ2) is 9.06. The zero-order valence-corrected chi connectivity index (χ0v) is 18.4. The van der Waals surface area contributed by atoms with E-state index in [0.717, 1.165) is 22.1 Å². The number of esters is 1. The minimum absolute atomic E-state index is 0.275. The Bertz CT molecular complexity index is 1270. The first kappa shape index (κ1) is 21.3. The molecule has 3 aromatic carbocycles. The van der Waals surface area contributed by atoms with Gasteiger partial charge in [0.2, 0.25) is 0 Å². The van der Waals surface area contributed by atoms with Gasteiger partial charge in [-0.15, -0.1) is 0 Å². The number of para-hydroxylation sites is 1. The van der Waals surface area contributed by atoms with Crippen LogP contribution in [0.5, 0.6) is 0 Å². The molecular formula is C26H25N3O3. The predicted molar refractivity (Wildman–Crippen MR) is 125 cm³/mol. The van der Waals surface area contributed by atoms with Gasteiger partial charge in [-0.05, 0) is 44.4 Å². The number of carbonyl (C=O) groups is 2. The highest BCUT2D eigenvalue weighted by Crippen LogP contribution is 2.27. The molecule has 0 saturated carbocycles. The molecule has 0 aliphatic heterocycles. The Hall–Kier alpha value is -3.93. The lowest BCUT2D eigenvalue weighted by Gasteiger charge is -2.22. The lowest BCUT2D eigenvalue weighted by molar-refractivity contribution is -0.121. The molecule has 0 aliphatic rings. The van der Waals surface area contributed by atoms with Crippen molar-refractivity contribution in [3.05, 3.63) is 89.7 Å². The van der Waals surface area contributed by atoms with Crippen LogP contribution in [0.15, 0.2) is 72.8 Å². The summed E-state index contributed by atoms with van der Waals surface area (Å²) in [7, 11) is 0. The van der Waals surface area contributed by atoms with Crippen molar-refractivity contribution in [1.82, 2.24) is 9.78 Å². The zero-order valence-electron chi connectivity index (χ0n) is 18.4. The molecule has 0 bridgehead atoms. The molecule has 0 fully saturated rings. The molecular weight excluding hydrogens is 402 g/mol. The molecule has 0 spiro atoms. The number of ether oxygens (including phenoxy) is 1. The molecule has 4 aromatic rings. The fourth-order valence-electron chi connectivity index (χ4n) is 3.96. The molecule has 6 heteroatoms. The Morgan fingerprint density at radius 2 is 1.62 bits per heavy atom. The number of likely N-dealkylation sites (N-methyl/N-ethyl adjacent to an activating group) is 1. The number of aryl methyl sites for hydroxylation is 1. The van der Waals surface area contributed by atoms with Crippen molar-refractivity contribution in [1.29, 1.82) is 0 Å². The Morgan fingerprint density at radius 3 is 2.38 bits per heavy atom. The van der Waals surface area contributed by atoms with Crippen LogP contribution < -0.4 is 4.90 Å². The summed E-state index contributed by atoms with van der Waals surface area (Å²) in [6.07, 6.45) is 0. The first-order valence-corrected chi connectivity index (χ1v) is 10.6. The van der Waals surface area contributed by atoms with Crippen LogP contribution in [0.25, 0.3) is 16.5 Å². The van der Waals surface area contributed by atoms with Gasteiger partial charge >= 0.3 is 5.97 Å². The number of fused-ring (bicyclic) bond motifs is 1. The van der Waals surface area contributed by atoms with Gasteiger partial charge in [0.1, 0.15) is 5.56 Å². The van der Waals surface area contributed by atoms with Gasteiger partial charge in [-0.2, -0.15) is 5.10 Å². The van der Waals surface area contributed by atoms with Crippen molar-refractivity contribution in [3.8, 4) is 5.69 Å². The van der Waals surface area contributed by atoms with Crippen molar-refractivity contribution in [2.75, 3.05) is 18.1 Å². The van der Waals surface area contributed by atoms with Gasteiger partial charge in [0, 0.05) is 11.9 Å². The molecule has 4 rings (SSSR count). The summed E-state index contributed by atoms with van der Waals surface area (Å²) in [5.41, 5.74) is 3.28. The summed E-state index contributed by atoms with van der Waals surface area (Å²) in [4.78, 5) is 27.5. The number of benzene rings is 3. The van der Waals surface area contributed by atoms with Crippen molar-refractivity contribution in [2.24, 2.45) is 0 Å². The first-order chi connectivity index (χ1) is 15.5. The fourth-order valence-corrected chi connectivity index (χ4v) is 3.96. The van der Waals surface area contributed by atoms with Crippen molar-refractivity contribution in [2.45, 2.75) is 20.8 Å². The van der Waals surface area contributed by atoms with E-state index in [0.29, 0.717) is 23.5 Å². The second-order valence-corrected chi connectivity index (χ2v) is 7.51. The van der Waals surface area contributed by atoms with Crippen LogP contribution in [-0.2, 0) is 9.53 Å². The SMILES string of the molecule is CCN(C(=O)COC(=O)c1c(C)nn(-c2ccccc2)c1C)c1cccc2ccccc12. The fraction of sp³-hybridized carbons (Fsp3) is 0.192. The topological polar surface area (TPSA) is 64.4 Å². The number of hydrogen-bond acceptors (Lipinski definition) is 4. The molecule has 1 heterocycles. The van der Waals surface area contributed by atoms with Gasteiger partial charge in [0.05, 0.1) is 22.8 Å². The third kappa shape index (κ3) is 3.99. The van der Waals surface area contributed by atoms with E-state index in [1.165, 1.54) is 0 Å². The van der Waals surface area contributed by atoms with Crippen LogP contribution >= 0.6 is 0 Å². The van der Waals surface area contributed by atoms with Crippen LogP contribution in [0.2, 0.25) is 0 Å². The number of amides is 1. The molecule has 32 heavy (non-hydrogen) atoms. The zero-order chi connectivity index (χ0) is 22.7. The van der Waals surface area contributed by atoms with E-state index >= 15 is 0 Å². The molecule has 1 aromatic heterocycles. The van der Waals surface area contributed by atoms with Gasteiger partial charge in [-0.1, -0.05) is 54.6 Å². The third-order valence-corrected chi connectivity index (χ3v) is 5.50. The number of hydrogen-bond donors (Lipinski definition) is 0. The van der Waals surface area contributed by atoms with Gasteiger partial charge in [0.25, 0.3) is 5.91 Å². The lowest BCUT2D eigenvalue weighted by Crippen LogP contribution is -2.34. The Balaban J connectivity index is 1.53. The average molecular weight is 428 g/mol. The standard InChI is InChI=1S/C26H25N3O3/c1-4-28(23-16-10-12-20-11-8-9-15-22(20)23)24(30)17-32-26(31)25-18(2)27-29(19(25)3)21-13-6-5-7-14-21/h5-16H,4,17H2,1-3H3. The summed E-state index contributed by atoms with van der Waals surface area (Å²) in [5, 5.41) is 6.51. The van der Waals surface area contributed by atoms with Crippen molar-refractivity contribution in [3.63, 3.8) is 0 Å². The highest BCUT2D eigenvalue weighted by atomic mass is 16.5. The van der Waals surface area contributed by atoms with E-state index in [1.807, 2.05) is 86.6 Å². The monoisotopic (exact) mass is 427 g/mol. The normalized spacial score (nSPS) is 10.8. The van der Waals surface area contributed by atoms with E-state index < -0.39 is 5.97 Å². The van der Waals surface area contributed by atoms with Crippen molar-refractivity contribution < 1.29 is 14.3 Å². The number of rotatable bonds is 6. The molecule has 0 saturated heterocycles. The quantitative estimate of drug-likeness (QED) is 0.413. The highest BCUT2D eigenvalue weighted by Gasteiger charge is 2.23. The summed E-state index contributed by atoms with van der Waals surface area (Å²) >= 11 is 0. The summed E-state index contributed by atoms with van der Waals surface area (Å²) in [5.74, 6) is -0.826. The van der Waals surface area contributed by atoms with E-state index in [-0.39, 0.29) is 12.5 Å². The molecule has 1 amide bonds. The largest absolute Gasteiger partial charge is 0.452 e. The lowest BCUT2D eigenvalue weighted by atomic mass is 10.1. The van der Waals surface area contributed by atoms with E-state index in [9.17, 15) is 9.59 Å². The maximum absolute atomic E-state index is 13.0. The minimum atomic E-state index is -0.551. The third-order valence-electron chi connectivity index (χ3n) is 5.50. The summed E-state index contributed by atoms with van der Waals surface area (Å²) in [6, 6.07) is 23.3. The second-order valence-electron chi connectivity index (χ2n) is 7.51. The number of anilines is 1. The van der Waals surface area contributed by atoms with Gasteiger partial charge in [-0.25, -0.2) is 9.48 Å². The smallest absolute Gasteiger partial charge is 0.342 e. The Kier molecular flexibility index (Phi) is 6.03. The molecule has 0 radical (unpaired) electrons. The highest BCUT2D eigenvalue weighted by molar-refractivity contribution is 6.05. The minimum Gasteiger partial charge on any atom is -0.452 e. The number of nitrogens with zero attached hydrogens (tertiary/aromatic N) is 3. The molecule has 6 nitrogen and oxygen atoms in total. The van der Waals surface area contributed by atoms with Crippen LogP contribution in [0.4, 0.5) is 5.69 Å². The van der Waals surface area contributed by atoms with E-state index in [1.54, 1.807) is 16.5 Å². The maximum Gasteiger partial charge on any atom is 0.342 e. The van der Waals surface area contributed by atoms with Crippen LogP contribution in [0.3, 0.4) is 0 Å². The van der Waals surface area contributed by atoms with Crippen LogP contribution in [-0.4, -0.2) is 34.8 Å². The average Bonchev–Trinajstić information content (AvgIpc) is 3.12. The van der Waals surface area contributed by atoms with Crippen LogP contribution in [0, 0.1) is 13.8 Å². The molecule has 0 aliphatic carbocycles. The summed E-state index contributed by atoms with van der Waals surface area (Å²) < 4.78 is 7.14. The van der Waals surface area contributed by atoms with Gasteiger partial charge < -0.3 is 9.64 Å². The van der Waals surface area contributed by atoms with E-state index in [4.69, 9.17) is 4.74 Å². The Labute approximate surface area is 187 Å².